The van der Waals surface area contributed by atoms with Crippen LogP contribution in [0, 0.1) is 0 Å². The lowest BCUT2D eigenvalue weighted by atomic mass is 10.3. The first-order valence-corrected chi connectivity index (χ1v) is 7.71. The van der Waals surface area contributed by atoms with Gasteiger partial charge in [0.05, 0.1) is 12.3 Å². The van der Waals surface area contributed by atoms with Crippen molar-refractivity contribution in [1.82, 2.24) is 0 Å². The van der Waals surface area contributed by atoms with Crippen LogP contribution in [0.5, 0.6) is 5.75 Å². The van der Waals surface area contributed by atoms with Gasteiger partial charge in [0.15, 0.2) is 0 Å². The number of alkyl halides is 1. The predicted octanol–water partition coefficient (Wildman–Crippen LogP) is 4.36. The van der Waals surface area contributed by atoms with Crippen LogP contribution in [-0.4, -0.2) is 25.1 Å². The topological polar surface area (TPSA) is 41.6 Å². The standard InChI is InChI=1S/C17H19ClN2O2/c1-2-22-16-11-7-6-10-15(16)19-17(21)20(13-12-18)14-8-4-3-5-9-14/h3-11H,2,12-13H2,1H3,(H,19,21). The molecule has 116 valence electrons. The monoisotopic (exact) mass is 318 g/mol. The van der Waals surface area contributed by atoms with Gasteiger partial charge in [-0.05, 0) is 31.2 Å². The lowest BCUT2D eigenvalue weighted by molar-refractivity contribution is 0.257. The van der Waals surface area contributed by atoms with Crippen LogP contribution >= 0.6 is 11.6 Å². The smallest absolute Gasteiger partial charge is 0.326 e. The molecule has 0 aliphatic heterocycles. The summed E-state index contributed by atoms with van der Waals surface area (Å²) in [5, 5.41) is 2.88. The second-order valence-electron chi connectivity index (χ2n) is 4.54. The number of carbonyl (C=O) groups excluding carboxylic acids is 1. The Bertz CT molecular complexity index is 605. The second-order valence-corrected chi connectivity index (χ2v) is 4.91. The Balaban J connectivity index is 2.18. The van der Waals surface area contributed by atoms with Crippen molar-refractivity contribution in [1.29, 1.82) is 0 Å². The van der Waals surface area contributed by atoms with Crippen molar-refractivity contribution in [2.75, 3.05) is 29.2 Å². The SMILES string of the molecule is CCOc1ccccc1NC(=O)N(CCCl)c1ccccc1. The van der Waals surface area contributed by atoms with Crippen molar-refractivity contribution in [3.8, 4) is 5.75 Å². The largest absolute Gasteiger partial charge is 0.492 e. The van der Waals surface area contributed by atoms with Gasteiger partial charge in [0.1, 0.15) is 5.75 Å². The van der Waals surface area contributed by atoms with E-state index in [1.54, 1.807) is 4.90 Å². The molecule has 0 aliphatic rings. The fourth-order valence-corrected chi connectivity index (χ4v) is 2.24. The highest BCUT2D eigenvalue weighted by Gasteiger charge is 2.16. The van der Waals surface area contributed by atoms with E-state index >= 15 is 0 Å². The van der Waals surface area contributed by atoms with Gasteiger partial charge in [-0.1, -0.05) is 30.3 Å². The average Bonchev–Trinajstić information content (AvgIpc) is 2.55. The van der Waals surface area contributed by atoms with E-state index in [2.05, 4.69) is 5.32 Å². The average molecular weight is 319 g/mol. The summed E-state index contributed by atoms with van der Waals surface area (Å²) in [6.45, 7) is 2.87. The minimum Gasteiger partial charge on any atom is -0.492 e. The molecule has 0 bridgehead atoms. The summed E-state index contributed by atoms with van der Waals surface area (Å²) in [5.41, 5.74) is 1.44. The molecule has 0 radical (unpaired) electrons. The van der Waals surface area contributed by atoms with Gasteiger partial charge >= 0.3 is 6.03 Å². The Labute approximate surface area is 135 Å². The number of anilines is 2. The number of halogens is 1. The molecule has 0 saturated carbocycles. The van der Waals surface area contributed by atoms with Crippen LogP contribution in [0.2, 0.25) is 0 Å². The Morgan fingerprint density at radius 3 is 2.50 bits per heavy atom. The minimum absolute atomic E-state index is 0.237. The predicted molar refractivity (Wildman–Crippen MR) is 91.1 cm³/mol. The van der Waals surface area contributed by atoms with Crippen molar-refractivity contribution < 1.29 is 9.53 Å². The van der Waals surface area contributed by atoms with Crippen molar-refractivity contribution >= 4 is 29.0 Å². The molecule has 0 saturated heterocycles. The molecule has 0 aliphatic carbocycles. The Kier molecular flexibility index (Phi) is 6.10. The molecule has 2 rings (SSSR count). The molecular formula is C17H19ClN2O2. The van der Waals surface area contributed by atoms with Crippen LogP contribution in [0.15, 0.2) is 54.6 Å². The first kappa shape index (κ1) is 16.2. The van der Waals surface area contributed by atoms with Crippen LogP contribution in [-0.2, 0) is 0 Å². The zero-order chi connectivity index (χ0) is 15.8. The normalized spacial score (nSPS) is 10.1. The highest BCUT2D eigenvalue weighted by Crippen LogP contribution is 2.25. The summed E-state index contributed by atoms with van der Waals surface area (Å²) in [4.78, 5) is 14.2. The molecule has 5 heteroatoms. The molecule has 0 aromatic heterocycles. The van der Waals surface area contributed by atoms with Gasteiger partial charge in [-0.25, -0.2) is 4.79 Å². The fraction of sp³-hybridized carbons (Fsp3) is 0.235. The third kappa shape index (κ3) is 4.15. The first-order chi connectivity index (χ1) is 10.8. The molecule has 22 heavy (non-hydrogen) atoms. The van der Waals surface area contributed by atoms with Crippen LogP contribution < -0.4 is 15.0 Å². The first-order valence-electron chi connectivity index (χ1n) is 7.17. The number of carbonyl (C=O) groups is 1. The molecular weight excluding hydrogens is 300 g/mol. The maximum Gasteiger partial charge on any atom is 0.326 e. The van der Waals surface area contributed by atoms with Gasteiger partial charge in [0.2, 0.25) is 0 Å². The van der Waals surface area contributed by atoms with Gasteiger partial charge in [-0.15, -0.1) is 11.6 Å². The second kappa shape index (κ2) is 8.29. The number of hydrogen-bond acceptors (Lipinski definition) is 2. The maximum absolute atomic E-state index is 12.6. The summed E-state index contributed by atoms with van der Waals surface area (Å²) in [6, 6.07) is 16.6. The quantitative estimate of drug-likeness (QED) is 0.804. The number of amides is 2. The molecule has 0 unspecified atom stereocenters. The number of rotatable bonds is 6. The van der Waals surface area contributed by atoms with E-state index < -0.39 is 0 Å². The molecule has 0 atom stereocenters. The van der Waals surface area contributed by atoms with E-state index in [1.807, 2.05) is 61.5 Å². The van der Waals surface area contributed by atoms with E-state index in [1.165, 1.54) is 0 Å². The molecule has 0 spiro atoms. The Morgan fingerprint density at radius 2 is 1.82 bits per heavy atom. The number of benzene rings is 2. The zero-order valence-electron chi connectivity index (χ0n) is 12.5. The van der Waals surface area contributed by atoms with E-state index in [0.29, 0.717) is 30.5 Å². The van der Waals surface area contributed by atoms with Crippen molar-refractivity contribution in [3.05, 3.63) is 54.6 Å². The van der Waals surface area contributed by atoms with Crippen LogP contribution in [0.3, 0.4) is 0 Å². The summed E-state index contributed by atoms with van der Waals surface area (Å²) in [5.74, 6) is 1.01. The number of ether oxygens (including phenoxy) is 1. The van der Waals surface area contributed by atoms with Crippen LogP contribution in [0.4, 0.5) is 16.2 Å². The van der Waals surface area contributed by atoms with Crippen molar-refractivity contribution in [2.24, 2.45) is 0 Å². The van der Waals surface area contributed by atoms with Crippen LogP contribution in [0.25, 0.3) is 0 Å². The van der Waals surface area contributed by atoms with E-state index in [0.717, 1.165) is 5.69 Å². The summed E-state index contributed by atoms with van der Waals surface area (Å²) < 4.78 is 5.52. The van der Waals surface area contributed by atoms with E-state index in [-0.39, 0.29) is 6.03 Å². The van der Waals surface area contributed by atoms with Crippen LogP contribution in [0.1, 0.15) is 6.92 Å². The van der Waals surface area contributed by atoms with E-state index in [4.69, 9.17) is 16.3 Å². The molecule has 2 aromatic carbocycles. The van der Waals surface area contributed by atoms with Gasteiger partial charge in [0.25, 0.3) is 0 Å². The fourth-order valence-electron chi connectivity index (χ4n) is 2.07. The molecule has 0 fully saturated rings. The number of para-hydroxylation sites is 3. The number of nitrogens with one attached hydrogen (secondary N) is 1. The Hall–Kier alpha value is -2.20. The molecule has 1 N–H and O–H groups in total. The maximum atomic E-state index is 12.6. The third-order valence-electron chi connectivity index (χ3n) is 3.05. The van der Waals surface area contributed by atoms with E-state index in [9.17, 15) is 4.79 Å². The molecule has 2 aromatic rings. The molecule has 4 nitrogen and oxygen atoms in total. The highest BCUT2D eigenvalue weighted by molar-refractivity contribution is 6.18. The zero-order valence-corrected chi connectivity index (χ0v) is 13.2. The summed E-state index contributed by atoms with van der Waals surface area (Å²) >= 11 is 5.83. The minimum atomic E-state index is -0.237. The van der Waals surface area contributed by atoms with Crippen molar-refractivity contribution in [3.63, 3.8) is 0 Å². The lowest BCUT2D eigenvalue weighted by Crippen LogP contribution is -2.36. The van der Waals surface area contributed by atoms with Gasteiger partial charge in [-0.3, -0.25) is 4.90 Å². The summed E-state index contributed by atoms with van der Waals surface area (Å²) in [7, 11) is 0. The highest BCUT2D eigenvalue weighted by atomic mass is 35.5. The molecule has 0 heterocycles. The molecule has 2 amide bonds. The number of nitrogens with zero attached hydrogens (tertiary/aromatic N) is 1. The van der Waals surface area contributed by atoms with Gasteiger partial charge < -0.3 is 10.1 Å². The lowest BCUT2D eigenvalue weighted by Gasteiger charge is -2.23. The number of urea groups is 1. The third-order valence-corrected chi connectivity index (χ3v) is 3.22. The van der Waals surface area contributed by atoms with Gasteiger partial charge in [0, 0.05) is 18.1 Å². The summed E-state index contributed by atoms with van der Waals surface area (Å²) in [6.07, 6.45) is 0. The number of hydrogen-bond donors (Lipinski definition) is 1. The van der Waals surface area contributed by atoms with Gasteiger partial charge in [-0.2, -0.15) is 0 Å². The Morgan fingerprint density at radius 1 is 1.14 bits per heavy atom. The van der Waals surface area contributed by atoms with Crippen molar-refractivity contribution in [2.45, 2.75) is 6.92 Å².